The van der Waals surface area contributed by atoms with Gasteiger partial charge in [0.1, 0.15) is 6.61 Å². The van der Waals surface area contributed by atoms with Crippen LogP contribution in [0, 0.1) is 0 Å². The highest BCUT2D eigenvalue weighted by Crippen LogP contribution is 2.44. The van der Waals surface area contributed by atoms with Gasteiger partial charge in [-0.1, -0.05) is 54.6 Å². The number of hydrogen-bond donors (Lipinski definition) is 3. The molecule has 2 amide bonds. The van der Waals surface area contributed by atoms with Crippen LogP contribution in [0.15, 0.2) is 60.7 Å². The first-order chi connectivity index (χ1) is 15.3. The van der Waals surface area contributed by atoms with E-state index in [2.05, 4.69) is 34.9 Å². The summed E-state index contributed by atoms with van der Waals surface area (Å²) < 4.78 is 5.57. The Morgan fingerprint density at radius 1 is 1.03 bits per heavy atom. The molecule has 1 aliphatic rings. The predicted molar refractivity (Wildman–Crippen MR) is 121 cm³/mol. The van der Waals surface area contributed by atoms with Gasteiger partial charge >= 0.3 is 12.1 Å². The van der Waals surface area contributed by atoms with E-state index in [1.54, 1.807) is 0 Å². The fraction of sp³-hybridized carbons (Fsp3) is 0.320. The summed E-state index contributed by atoms with van der Waals surface area (Å²) in [7, 11) is 0. The summed E-state index contributed by atoms with van der Waals surface area (Å²) in [6.07, 6.45) is 2.41. The maximum absolute atomic E-state index is 12.5. The number of benzene rings is 2. The molecule has 7 heteroatoms. The Bertz CT molecular complexity index is 983. The maximum atomic E-state index is 12.5. The van der Waals surface area contributed by atoms with Crippen molar-refractivity contribution in [1.82, 2.24) is 10.6 Å². The number of carbonyl (C=O) groups is 3. The van der Waals surface area contributed by atoms with Crippen LogP contribution in [0.2, 0.25) is 0 Å². The zero-order valence-corrected chi connectivity index (χ0v) is 18.3. The highest BCUT2D eigenvalue weighted by atomic mass is 16.5. The SMILES string of the molecule is CC(C)(CCC(=O)NC/C=C/C(=O)O)NC(=O)OCC1c2ccccc2-c2ccccc21. The van der Waals surface area contributed by atoms with Gasteiger partial charge in [-0.15, -0.1) is 0 Å². The normalized spacial score (nSPS) is 12.8. The molecule has 0 heterocycles. The smallest absolute Gasteiger partial charge is 0.407 e. The van der Waals surface area contributed by atoms with Crippen LogP contribution in [0.5, 0.6) is 0 Å². The van der Waals surface area contributed by atoms with Crippen LogP contribution in [-0.4, -0.2) is 41.8 Å². The first-order valence-electron chi connectivity index (χ1n) is 10.6. The molecule has 0 fully saturated rings. The molecule has 0 spiro atoms. The molecular formula is C25H28N2O5. The number of carboxylic acids is 1. The topological polar surface area (TPSA) is 105 Å². The highest BCUT2D eigenvalue weighted by molar-refractivity contribution is 5.80. The van der Waals surface area contributed by atoms with Crippen LogP contribution in [0.1, 0.15) is 43.7 Å². The number of fused-ring (bicyclic) bond motifs is 3. The van der Waals surface area contributed by atoms with E-state index in [1.165, 1.54) is 17.2 Å². The minimum atomic E-state index is -1.06. The summed E-state index contributed by atoms with van der Waals surface area (Å²) in [4.78, 5) is 34.8. The number of hydrogen-bond acceptors (Lipinski definition) is 4. The van der Waals surface area contributed by atoms with E-state index in [-0.39, 0.29) is 31.4 Å². The van der Waals surface area contributed by atoms with Gasteiger partial charge in [0.25, 0.3) is 0 Å². The predicted octanol–water partition coefficient (Wildman–Crippen LogP) is 3.84. The van der Waals surface area contributed by atoms with Crippen molar-refractivity contribution in [3.63, 3.8) is 0 Å². The Labute approximate surface area is 187 Å². The molecule has 3 rings (SSSR count). The number of ether oxygens (including phenoxy) is 1. The van der Waals surface area contributed by atoms with Crippen molar-refractivity contribution >= 4 is 18.0 Å². The number of nitrogens with one attached hydrogen (secondary N) is 2. The number of rotatable bonds is 9. The number of amides is 2. The van der Waals surface area contributed by atoms with Crippen molar-refractivity contribution in [2.24, 2.45) is 0 Å². The molecule has 3 N–H and O–H groups in total. The van der Waals surface area contributed by atoms with E-state index in [0.29, 0.717) is 6.42 Å². The summed E-state index contributed by atoms with van der Waals surface area (Å²) in [5, 5.41) is 14.0. The molecule has 32 heavy (non-hydrogen) atoms. The van der Waals surface area contributed by atoms with Gasteiger partial charge in [-0.25, -0.2) is 9.59 Å². The number of carbonyl (C=O) groups excluding carboxylic acids is 2. The quantitative estimate of drug-likeness (QED) is 0.518. The molecule has 1 aliphatic carbocycles. The lowest BCUT2D eigenvalue weighted by atomic mass is 9.98. The minimum Gasteiger partial charge on any atom is -0.478 e. The standard InChI is InChI=1S/C25H28N2O5/c1-25(2,14-13-22(28)26-15-7-12-23(29)30)27-24(31)32-16-21-19-10-5-3-8-17(19)18-9-4-6-11-20(18)21/h3-12,21H,13-16H2,1-2H3,(H,26,28)(H,27,31)(H,29,30)/b12-7+. The summed E-state index contributed by atoms with van der Waals surface area (Å²) in [6.45, 7) is 4.02. The van der Waals surface area contributed by atoms with Gasteiger partial charge in [0.15, 0.2) is 0 Å². The Kier molecular flexibility index (Phi) is 7.30. The molecule has 0 aliphatic heterocycles. The van der Waals surface area contributed by atoms with Gasteiger partial charge in [0.2, 0.25) is 5.91 Å². The molecule has 0 atom stereocenters. The Morgan fingerprint density at radius 2 is 1.62 bits per heavy atom. The van der Waals surface area contributed by atoms with Crippen molar-refractivity contribution in [2.45, 2.75) is 38.1 Å². The van der Waals surface area contributed by atoms with E-state index >= 15 is 0 Å². The van der Waals surface area contributed by atoms with Crippen LogP contribution in [-0.2, 0) is 14.3 Å². The highest BCUT2D eigenvalue weighted by Gasteiger charge is 2.30. The molecule has 2 aromatic rings. The fourth-order valence-electron chi connectivity index (χ4n) is 3.82. The summed E-state index contributed by atoms with van der Waals surface area (Å²) in [5.74, 6) is -1.30. The molecule has 7 nitrogen and oxygen atoms in total. The van der Waals surface area contributed by atoms with Crippen molar-refractivity contribution in [2.75, 3.05) is 13.2 Å². The summed E-state index contributed by atoms with van der Waals surface area (Å²) in [5.41, 5.74) is 3.99. The lowest BCUT2D eigenvalue weighted by Gasteiger charge is -2.26. The monoisotopic (exact) mass is 436 g/mol. The third kappa shape index (κ3) is 5.97. The molecule has 0 bridgehead atoms. The summed E-state index contributed by atoms with van der Waals surface area (Å²) >= 11 is 0. The second-order valence-electron chi connectivity index (χ2n) is 8.38. The molecule has 2 aromatic carbocycles. The van der Waals surface area contributed by atoms with E-state index in [9.17, 15) is 14.4 Å². The zero-order valence-electron chi connectivity index (χ0n) is 18.3. The van der Waals surface area contributed by atoms with E-state index in [0.717, 1.165) is 17.2 Å². The molecule has 0 radical (unpaired) electrons. The first-order valence-corrected chi connectivity index (χ1v) is 10.6. The molecule has 0 saturated heterocycles. The van der Waals surface area contributed by atoms with Gasteiger partial charge in [0.05, 0.1) is 0 Å². The molecule has 0 unspecified atom stereocenters. The van der Waals surface area contributed by atoms with Gasteiger partial charge in [0, 0.05) is 30.5 Å². The van der Waals surface area contributed by atoms with Gasteiger partial charge in [-0.05, 0) is 42.5 Å². The first kappa shape index (κ1) is 23.1. The minimum absolute atomic E-state index is 0.0131. The van der Waals surface area contributed by atoms with Crippen LogP contribution in [0.4, 0.5) is 4.79 Å². The number of aliphatic carboxylic acids is 1. The Hall–Kier alpha value is -3.61. The summed E-state index contributed by atoms with van der Waals surface area (Å²) in [6, 6.07) is 16.3. The van der Waals surface area contributed by atoms with Crippen molar-refractivity contribution < 1.29 is 24.2 Å². The second kappa shape index (κ2) is 10.1. The van der Waals surface area contributed by atoms with Crippen molar-refractivity contribution in [3.05, 3.63) is 71.8 Å². The van der Waals surface area contributed by atoms with E-state index in [4.69, 9.17) is 9.84 Å². The zero-order chi connectivity index (χ0) is 23.1. The van der Waals surface area contributed by atoms with E-state index < -0.39 is 17.6 Å². The van der Waals surface area contributed by atoms with Gasteiger partial charge in [-0.3, -0.25) is 4.79 Å². The Morgan fingerprint density at radius 3 is 2.22 bits per heavy atom. The van der Waals surface area contributed by atoms with Crippen LogP contribution < -0.4 is 10.6 Å². The number of alkyl carbamates (subject to hydrolysis) is 1. The van der Waals surface area contributed by atoms with Gasteiger partial charge < -0.3 is 20.5 Å². The average molecular weight is 437 g/mol. The van der Waals surface area contributed by atoms with Crippen molar-refractivity contribution in [1.29, 1.82) is 0 Å². The average Bonchev–Trinajstić information content (AvgIpc) is 3.07. The van der Waals surface area contributed by atoms with Crippen molar-refractivity contribution in [3.8, 4) is 11.1 Å². The van der Waals surface area contributed by atoms with Crippen LogP contribution >= 0.6 is 0 Å². The number of carboxylic acid groups (broad SMARTS) is 1. The molecule has 0 aromatic heterocycles. The maximum Gasteiger partial charge on any atom is 0.407 e. The fourth-order valence-corrected chi connectivity index (χ4v) is 3.82. The lowest BCUT2D eigenvalue weighted by molar-refractivity contribution is -0.131. The third-order valence-corrected chi connectivity index (χ3v) is 5.44. The molecular weight excluding hydrogens is 408 g/mol. The largest absolute Gasteiger partial charge is 0.478 e. The third-order valence-electron chi connectivity index (χ3n) is 5.44. The molecule has 168 valence electrons. The molecule has 0 saturated carbocycles. The van der Waals surface area contributed by atoms with E-state index in [1.807, 2.05) is 38.1 Å². The Balaban J connectivity index is 1.49. The van der Waals surface area contributed by atoms with Crippen LogP contribution in [0.25, 0.3) is 11.1 Å². The second-order valence-corrected chi connectivity index (χ2v) is 8.38. The lowest BCUT2D eigenvalue weighted by Crippen LogP contribution is -2.44. The van der Waals surface area contributed by atoms with Gasteiger partial charge in [-0.2, -0.15) is 0 Å². The van der Waals surface area contributed by atoms with Crippen LogP contribution in [0.3, 0.4) is 0 Å².